The van der Waals surface area contributed by atoms with Gasteiger partial charge < -0.3 is 18.1 Å². The number of hydrogen-bond donors (Lipinski definition) is 0. The van der Waals surface area contributed by atoms with Gasteiger partial charge in [-0.2, -0.15) is 21.6 Å². The van der Waals surface area contributed by atoms with Crippen LogP contribution in [0.25, 0.3) is 0 Å². The number of hydrogen-bond acceptors (Lipinski definition) is 6. The van der Waals surface area contributed by atoms with E-state index < -0.39 is 27.7 Å². The van der Waals surface area contributed by atoms with E-state index in [1.165, 1.54) is 55.5 Å². The zero-order valence-corrected chi connectivity index (χ0v) is 18.1. The van der Waals surface area contributed by atoms with Gasteiger partial charge in [0.25, 0.3) is 0 Å². The average Bonchev–Trinajstić information content (AvgIpc) is 3.27. The standard InChI is InChI=1S/C20H28F3N2O5S/c21-20(22,23)31(26,27)30-17-5-4-16(24-18(17)19-28-13-14-29-19)3-1-2-9-25-10-6-15(7-11-25)8-12-25/h4-5,15,19H,1-3,6-14H2/q+1. The number of halogens is 3. The summed E-state index contributed by atoms with van der Waals surface area (Å²) in [5, 5.41) is 0. The third-order valence-electron chi connectivity index (χ3n) is 6.62. The fraction of sp³-hybridized carbons (Fsp3) is 0.750. The first-order chi connectivity index (χ1) is 14.7. The molecular weight excluding hydrogens is 437 g/mol. The molecule has 4 saturated heterocycles. The van der Waals surface area contributed by atoms with Crippen LogP contribution in [0.5, 0.6) is 5.75 Å². The summed E-state index contributed by atoms with van der Waals surface area (Å²) >= 11 is 0. The van der Waals surface area contributed by atoms with Crippen LogP contribution in [0.4, 0.5) is 13.2 Å². The molecule has 5 heterocycles. The molecule has 7 nitrogen and oxygen atoms in total. The van der Waals surface area contributed by atoms with E-state index in [9.17, 15) is 21.6 Å². The minimum absolute atomic E-state index is 0.0807. The lowest BCUT2D eigenvalue weighted by Crippen LogP contribution is -2.58. The van der Waals surface area contributed by atoms with Crippen LogP contribution in [0.2, 0.25) is 0 Å². The molecule has 0 unspecified atom stereocenters. The Morgan fingerprint density at radius 1 is 1.06 bits per heavy atom. The summed E-state index contributed by atoms with van der Waals surface area (Å²) in [6, 6.07) is 2.70. The van der Waals surface area contributed by atoms with Crippen molar-refractivity contribution in [3.8, 4) is 5.75 Å². The van der Waals surface area contributed by atoms with Crippen molar-refractivity contribution >= 4 is 10.1 Å². The predicted molar refractivity (Wildman–Crippen MR) is 104 cm³/mol. The van der Waals surface area contributed by atoms with Gasteiger partial charge in [0.2, 0.25) is 6.29 Å². The van der Waals surface area contributed by atoms with Gasteiger partial charge in [0.1, 0.15) is 5.69 Å². The fourth-order valence-electron chi connectivity index (χ4n) is 4.79. The largest absolute Gasteiger partial charge is 0.534 e. The van der Waals surface area contributed by atoms with Gasteiger partial charge in [-0.25, -0.2) is 4.98 Å². The van der Waals surface area contributed by atoms with Crippen LogP contribution < -0.4 is 4.18 Å². The number of fused-ring (bicyclic) bond motifs is 3. The van der Waals surface area contributed by atoms with Crippen LogP contribution in [0.1, 0.15) is 49.8 Å². The highest BCUT2D eigenvalue weighted by Gasteiger charge is 2.49. The van der Waals surface area contributed by atoms with Crippen LogP contribution in [0.15, 0.2) is 12.1 Å². The molecular formula is C20H28F3N2O5S+. The lowest BCUT2D eigenvalue weighted by atomic mass is 9.85. The van der Waals surface area contributed by atoms with Crippen molar-refractivity contribution in [2.75, 3.05) is 39.4 Å². The molecule has 4 fully saturated rings. The van der Waals surface area contributed by atoms with Gasteiger partial charge >= 0.3 is 15.6 Å². The first-order valence-corrected chi connectivity index (χ1v) is 12.2. The Labute approximate surface area is 180 Å². The lowest BCUT2D eigenvalue weighted by molar-refractivity contribution is -0.942. The van der Waals surface area contributed by atoms with Crippen molar-refractivity contribution < 1.29 is 39.7 Å². The first kappa shape index (κ1) is 22.8. The fourth-order valence-corrected chi connectivity index (χ4v) is 5.26. The molecule has 0 aliphatic carbocycles. The third kappa shape index (κ3) is 5.15. The topological polar surface area (TPSA) is 74.7 Å². The molecule has 0 amide bonds. The summed E-state index contributed by atoms with van der Waals surface area (Å²) < 4.78 is 77.3. The van der Waals surface area contributed by atoms with Gasteiger partial charge in [0.05, 0.1) is 39.4 Å². The van der Waals surface area contributed by atoms with Gasteiger partial charge in [-0.3, -0.25) is 0 Å². The van der Waals surface area contributed by atoms with E-state index in [1.54, 1.807) is 0 Å². The first-order valence-electron chi connectivity index (χ1n) is 10.8. The zero-order valence-electron chi connectivity index (χ0n) is 17.3. The van der Waals surface area contributed by atoms with Crippen molar-refractivity contribution in [1.82, 2.24) is 4.98 Å². The van der Waals surface area contributed by atoms with E-state index in [4.69, 9.17) is 9.47 Å². The lowest BCUT2D eigenvalue weighted by Gasteiger charge is -2.49. The molecule has 31 heavy (non-hydrogen) atoms. The molecule has 4 aliphatic rings. The SMILES string of the molecule is O=S(=O)(Oc1ccc(CCCC[N+]23CCC(CC2)CC3)nc1C1OCCO1)C(F)(F)F. The molecule has 11 heteroatoms. The maximum atomic E-state index is 12.7. The number of quaternary nitrogens is 1. The summed E-state index contributed by atoms with van der Waals surface area (Å²) in [7, 11) is -5.81. The molecule has 1 aromatic rings. The molecule has 0 saturated carbocycles. The van der Waals surface area contributed by atoms with Crippen LogP contribution >= 0.6 is 0 Å². The molecule has 0 radical (unpaired) electrons. The van der Waals surface area contributed by atoms with E-state index in [0.29, 0.717) is 12.1 Å². The number of alkyl halides is 3. The van der Waals surface area contributed by atoms with Crippen LogP contribution in [0.3, 0.4) is 0 Å². The molecule has 0 aromatic carbocycles. The van der Waals surface area contributed by atoms with E-state index in [2.05, 4.69) is 9.17 Å². The number of ether oxygens (including phenoxy) is 2. The third-order valence-corrected chi connectivity index (χ3v) is 7.59. The van der Waals surface area contributed by atoms with E-state index >= 15 is 0 Å². The van der Waals surface area contributed by atoms with Crippen molar-refractivity contribution in [3.05, 3.63) is 23.5 Å². The highest BCUT2D eigenvalue weighted by Crippen LogP contribution is 2.35. The van der Waals surface area contributed by atoms with Gasteiger partial charge in [-0.15, -0.1) is 0 Å². The number of unbranched alkanes of at least 4 members (excludes halogenated alkanes) is 1. The molecule has 1 aromatic heterocycles. The maximum Gasteiger partial charge on any atom is 0.534 e. The second kappa shape index (κ2) is 8.84. The summed E-state index contributed by atoms with van der Waals surface area (Å²) in [5.41, 5.74) is -4.97. The molecule has 4 aliphatic heterocycles. The van der Waals surface area contributed by atoms with E-state index in [1.807, 2.05) is 0 Å². The average molecular weight is 466 g/mol. The Kier molecular flexibility index (Phi) is 6.49. The Bertz CT molecular complexity index is 866. The number of piperidine rings is 3. The van der Waals surface area contributed by atoms with Gasteiger partial charge in [0, 0.05) is 5.69 Å². The van der Waals surface area contributed by atoms with E-state index in [-0.39, 0.29) is 18.9 Å². The highest BCUT2D eigenvalue weighted by molar-refractivity contribution is 7.88. The summed E-state index contributed by atoms with van der Waals surface area (Å²) in [6.45, 7) is 5.42. The van der Waals surface area contributed by atoms with Crippen molar-refractivity contribution in [3.63, 3.8) is 0 Å². The Morgan fingerprint density at radius 2 is 1.71 bits per heavy atom. The summed E-state index contributed by atoms with van der Waals surface area (Å²) in [5.74, 6) is 0.395. The van der Waals surface area contributed by atoms with Crippen molar-refractivity contribution in [1.29, 1.82) is 0 Å². The maximum absolute atomic E-state index is 12.7. The highest BCUT2D eigenvalue weighted by atomic mass is 32.2. The molecule has 5 rings (SSSR count). The normalized spacial score (nSPS) is 27.0. The van der Waals surface area contributed by atoms with Crippen molar-refractivity contribution in [2.24, 2.45) is 5.92 Å². The van der Waals surface area contributed by atoms with Gasteiger partial charge in [-0.05, 0) is 56.6 Å². The predicted octanol–water partition coefficient (Wildman–Crippen LogP) is 3.31. The van der Waals surface area contributed by atoms with Gasteiger partial charge in [-0.1, -0.05) is 0 Å². The minimum Gasteiger partial charge on any atom is -0.374 e. The smallest absolute Gasteiger partial charge is 0.374 e. The second-order valence-corrected chi connectivity index (χ2v) is 10.2. The molecule has 0 spiro atoms. The Balaban J connectivity index is 1.40. The molecule has 0 N–H and O–H groups in total. The molecule has 2 bridgehead atoms. The van der Waals surface area contributed by atoms with Gasteiger partial charge in [0.15, 0.2) is 5.75 Å². The van der Waals surface area contributed by atoms with Crippen LogP contribution in [0, 0.1) is 5.92 Å². The number of rotatable bonds is 8. The molecule has 0 atom stereocenters. The van der Waals surface area contributed by atoms with Crippen molar-refractivity contribution in [2.45, 2.75) is 50.3 Å². The Morgan fingerprint density at radius 3 is 2.32 bits per heavy atom. The minimum atomic E-state index is -5.81. The zero-order chi connectivity index (χ0) is 22.1. The summed E-state index contributed by atoms with van der Waals surface area (Å²) in [6.07, 6.45) is 5.50. The second-order valence-electron chi connectivity index (χ2n) is 8.67. The quantitative estimate of drug-likeness (QED) is 0.254. The Hall–Kier alpha value is -1.43. The number of aryl methyl sites for hydroxylation is 1. The van der Waals surface area contributed by atoms with E-state index in [0.717, 1.165) is 25.3 Å². The summed E-state index contributed by atoms with van der Waals surface area (Å²) in [4.78, 5) is 4.34. The number of nitrogens with zero attached hydrogens (tertiary/aromatic N) is 2. The van der Waals surface area contributed by atoms with Crippen LogP contribution in [-0.2, 0) is 26.0 Å². The number of pyridine rings is 1. The number of aromatic nitrogens is 1. The molecule has 174 valence electrons. The van der Waals surface area contributed by atoms with Crippen LogP contribution in [-0.4, -0.2) is 62.8 Å². The monoisotopic (exact) mass is 465 g/mol.